The zero-order valence-corrected chi connectivity index (χ0v) is 27.3. The molecule has 5 aromatic carbocycles. The molecule has 0 radical (unpaired) electrons. The van der Waals surface area contributed by atoms with Crippen LogP contribution in [0.4, 0.5) is 0 Å². The topological polar surface area (TPSA) is 9.86 Å². The van der Waals surface area contributed by atoms with Crippen LogP contribution in [-0.2, 0) is 0 Å². The molecule has 3 atom stereocenters. The fourth-order valence-electron chi connectivity index (χ4n) is 8.74. The number of allylic oxidation sites excluding steroid dienone is 6. The van der Waals surface area contributed by atoms with E-state index in [1.54, 1.807) is 0 Å². The predicted molar refractivity (Wildman–Crippen MR) is 202 cm³/mol. The Labute approximate surface area is 279 Å². The first-order valence-corrected chi connectivity index (χ1v) is 17.4. The Bertz CT molecular complexity index is 2560. The summed E-state index contributed by atoms with van der Waals surface area (Å²) in [5.74, 6) is 0. The number of thioether (sulfide) groups is 1. The lowest BCUT2D eigenvalue weighted by atomic mass is 9.78. The number of benzene rings is 5. The van der Waals surface area contributed by atoms with Gasteiger partial charge in [0.25, 0.3) is 0 Å². The maximum absolute atomic E-state index is 2.62. The van der Waals surface area contributed by atoms with Crippen LogP contribution in [0.5, 0.6) is 0 Å². The number of hydrogen-bond donors (Lipinski definition) is 0. The number of hydrogen-bond acceptors (Lipinski definition) is 1. The summed E-state index contributed by atoms with van der Waals surface area (Å²) in [6, 6.07) is 42.7. The Morgan fingerprint density at radius 3 is 1.98 bits per heavy atom. The first-order chi connectivity index (χ1) is 23.0. The van der Waals surface area contributed by atoms with Gasteiger partial charge in [0.05, 0.1) is 21.8 Å². The molecular formula is C44H34N2S. The molecule has 3 unspecified atom stereocenters. The van der Waals surface area contributed by atoms with Gasteiger partial charge in [0.15, 0.2) is 0 Å². The first-order valence-electron chi connectivity index (χ1n) is 16.6. The largest absolute Gasteiger partial charge is 0.332 e. The van der Waals surface area contributed by atoms with Gasteiger partial charge in [0, 0.05) is 43.0 Å². The van der Waals surface area contributed by atoms with E-state index in [1.165, 1.54) is 71.6 Å². The number of aromatic nitrogens is 2. The molecule has 2 aromatic heterocycles. The summed E-state index contributed by atoms with van der Waals surface area (Å²) in [4.78, 5) is 0. The second-order valence-electron chi connectivity index (χ2n) is 13.6. The minimum Gasteiger partial charge on any atom is -0.332 e. The third-order valence-corrected chi connectivity index (χ3v) is 12.6. The summed E-state index contributed by atoms with van der Waals surface area (Å²) >= 11 is 2.15. The number of fused-ring (bicyclic) bond motifs is 9. The third-order valence-electron chi connectivity index (χ3n) is 10.9. The lowest BCUT2D eigenvalue weighted by molar-refractivity contribution is 0.538. The average molecular weight is 623 g/mol. The summed E-state index contributed by atoms with van der Waals surface area (Å²) in [5, 5.41) is 5.18. The highest BCUT2D eigenvalue weighted by atomic mass is 32.2. The molecule has 3 heterocycles. The van der Waals surface area contributed by atoms with Crippen LogP contribution in [0.2, 0.25) is 0 Å². The highest BCUT2D eigenvalue weighted by Crippen LogP contribution is 2.64. The van der Waals surface area contributed by atoms with Crippen molar-refractivity contribution in [3.05, 3.63) is 163 Å². The molecule has 3 aliphatic rings. The van der Waals surface area contributed by atoms with Crippen molar-refractivity contribution in [3.8, 4) is 16.8 Å². The molecule has 10 rings (SSSR count). The number of rotatable bonds is 3. The molecule has 1 saturated heterocycles. The molecule has 3 heteroatoms. The second kappa shape index (κ2) is 9.76. The van der Waals surface area contributed by atoms with Crippen LogP contribution in [0, 0.1) is 0 Å². The Hall–Kier alpha value is -4.99. The van der Waals surface area contributed by atoms with Gasteiger partial charge in [0.2, 0.25) is 0 Å². The lowest BCUT2D eigenvalue weighted by Crippen LogP contribution is -2.33. The van der Waals surface area contributed by atoms with Crippen molar-refractivity contribution in [2.75, 3.05) is 0 Å². The number of nitrogens with zero attached hydrogens (tertiary/aromatic N) is 2. The average Bonchev–Trinajstić information content (AvgIpc) is 3.70. The fraction of sp³-hybridized carbons (Fsp3) is 0.136. The monoisotopic (exact) mass is 622 g/mol. The van der Waals surface area contributed by atoms with Gasteiger partial charge in [0.1, 0.15) is 0 Å². The smallest absolute Gasteiger partial charge is 0.0711 e. The number of para-hydroxylation sites is 3. The van der Waals surface area contributed by atoms with E-state index in [4.69, 9.17) is 0 Å². The molecule has 0 bridgehead atoms. The Balaban J connectivity index is 1.14. The molecule has 1 fully saturated rings. The molecule has 0 amide bonds. The van der Waals surface area contributed by atoms with Crippen LogP contribution in [0.3, 0.4) is 0 Å². The van der Waals surface area contributed by atoms with E-state index in [-0.39, 0.29) is 15.5 Å². The third kappa shape index (κ3) is 3.75. The Kier molecular flexibility index (Phi) is 5.64. The van der Waals surface area contributed by atoms with Crippen LogP contribution in [0.25, 0.3) is 60.4 Å². The summed E-state index contributed by atoms with van der Waals surface area (Å²) in [5.41, 5.74) is 11.7. The van der Waals surface area contributed by atoms with Gasteiger partial charge < -0.3 is 9.13 Å². The maximum Gasteiger partial charge on any atom is 0.0711 e. The maximum atomic E-state index is 2.62. The van der Waals surface area contributed by atoms with Crippen LogP contribution in [-0.4, -0.2) is 18.6 Å². The summed E-state index contributed by atoms with van der Waals surface area (Å²) in [6.45, 7) is 4.90. The Morgan fingerprint density at radius 1 is 0.596 bits per heavy atom. The molecule has 0 spiro atoms. The van der Waals surface area contributed by atoms with Crippen LogP contribution in [0.15, 0.2) is 163 Å². The molecule has 2 aliphatic carbocycles. The molecule has 1 aliphatic heterocycles. The first kappa shape index (κ1) is 27.2. The van der Waals surface area contributed by atoms with Gasteiger partial charge in [-0.05, 0) is 91.1 Å². The standard InChI is InChI=1S/C44H34N2S/c1-43-26-11-10-17-36(43)37-18-12-21-42(44(37,2)47-43)46-39-20-9-7-16-33(39)35-28-30(23-25-41(35)46)29-22-24-40-34(27-29)32-15-6-8-19-38(32)45(40)31-13-4-3-5-14-31/h3-25,27-28,42H,26H2,1-2H3. The van der Waals surface area contributed by atoms with E-state index >= 15 is 0 Å². The van der Waals surface area contributed by atoms with Crippen molar-refractivity contribution in [2.24, 2.45) is 0 Å². The normalized spacial score (nSPS) is 23.4. The summed E-state index contributed by atoms with van der Waals surface area (Å²) in [7, 11) is 0. The van der Waals surface area contributed by atoms with Crippen molar-refractivity contribution < 1.29 is 0 Å². The molecule has 0 N–H and O–H groups in total. The minimum atomic E-state index is -0.0627. The zero-order valence-electron chi connectivity index (χ0n) is 26.5. The van der Waals surface area contributed by atoms with E-state index in [0.29, 0.717) is 0 Å². The van der Waals surface area contributed by atoms with Crippen LogP contribution >= 0.6 is 11.8 Å². The van der Waals surface area contributed by atoms with Crippen LogP contribution in [0.1, 0.15) is 26.3 Å². The van der Waals surface area contributed by atoms with E-state index in [1.807, 2.05) is 0 Å². The van der Waals surface area contributed by atoms with Crippen molar-refractivity contribution in [1.29, 1.82) is 0 Å². The van der Waals surface area contributed by atoms with E-state index in [2.05, 4.69) is 186 Å². The molecule has 2 nitrogen and oxygen atoms in total. The predicted octanol–water partition coefficient (Wildman–Crippen LogP) is 11.7. The highest BCUT2D eigenvalue weighted by Gasteiger charge is 2.55. The Morgan fingerprint density at radius 2 is 1.19 bits per heavy atom. The van der Waals surface area contributed by atoms with Gasteiger partial charge in [-0.15, -0.1) is 11.8 Å². The molecule has 47 heavy (non-hydrogen) atoms. The molecule has 0 saturated carbocycles. The van der Waals surface area contributed by atoms with Crippen molar-refractivity contribution >= 4 is 55.4 Å². The highest BCUT2D eigenvalue weighted by molar-refractivity contribution is 8.02. The van der Waals surface area contributed by atoms with Gasteiger partial charge in [-0.2, -0.15) is 0 Å². The van der Waals surface area contributed by atoms with Gasteiger partial charge in [-0.1, -0.05) is 103 Å². The molecular weight excluding hydrogens is 589 g/mol. The quantitative estimate of drug-likeness (QED) is 0.191. The van der Waals surface area contributed by atoms with E-state index in [0.717, 1.165) is 6.42 Å². The summed E-state index contributed by atoms with van der Waals surface area (Å²) < 4.78 is 5.05. The fourth-order valence-corrected chi connectivity index (χ4v) is 10.7. The van der Waals surface area contributed by atoms with Crippen molar-refractivity contribution in [1.82, 2.24) is 9.13 Å². The zero-order chi connectivity index (χ0) is 31.3. The van der Waals surface area contributed by atoms with Crippen molar-refractivity contribution in [2.45, 2.75) is 35.8 Å². The summed E-state index contributed by atoms with van der Waals surface area (Å²) in [6.07, 6.45) is 15.1. The SMILES string of the molecule is CC12CC=CC=C1C1=CC=CC(n3c4ccccc4c4cc(-c5ccc6c(c5)c5ccccc5n6-c5ccccc5)ccc43)C1(C)S2. The van der Waals surface area contributed by atoms with Crippen molar-refractivity contribution in [3.63, 3.8) is 0 Å². The van der Waals surface area contributed by atoms with E-state index in [9.17, 15) is 0 Å². The molecule has 7 aromatic rings. The van der Waals surface area contributed by atoms with Gasteiger partial charge in [-0.25, -0.2) is 0 Å². The van der Waals surface area contributed by atoms with Crippen LogP contribution < -0.4 is 0 Å². The second-order valence-corrected chi connectivity index (χ2v) is 15.6. The molecule has 226 valence electrons. The van der Waals surface area contributed by atoms with Gasteiger partial charge >= 0.3 is 0 Å². The lowest BCUT2D eigenvalue weighted by Gasteiger charge is -2.37. The minimum absolute atomic E-state index is 0.0627. The van der Waals surface area contributed by atoms with E-state index < -0.39 is 0 Å². The van der Waals surface area contributed by atoms with Gasteiger partial charge in [-0.3, -0.25) is 0 Å².